The maximum Gasteiger partial charge on any atom is -0.00985 e. The van der Waals surface area contributed by atoms with E-state index in [0.717, 1.165) is 12.8 Å². The van der Waals surface area contributed by atoms with Gasteiger partial charge in [0.1, 0.15) is 0 Å². The molecule has 1 aromatic carbocycles. The number of hydrogen-bond acceptors (Lipinski definition) is 0. The molecule has 0 saturated heterocycles. The molecule has 1 rings (SSSR count). The molecular weight excluding hydrogens is 408 g/mol. The minimum absolute atomic E-state index is 0.143. The van der Waals surface area contributed by atoms with Crippen LogP contribution in [0, 0.1) is 21.7 Å². The van der Waals surface area contributed by atoms with E-state index in [1.165, 1.54) is 36.8 Å². The van der Waals surface area contributed by atoms with Crippen LogP contribution >= 0.6 is 0 Å². The zero-order valence-electron chi connectivity index (χ0n) is 25.1. The molecular formula is C34H58. The number of hydrogen-bond donors (Lipinski definition) is 0. The van der Waals surface area contributed by atoms with E-state index < -0.39 is 0 Å². The highest BCUT2D eigenvalue weighted by molar-refractivity contribution is 5.32. The number of rotatable bonds is 14. The van der Waals surface area contributed by atoms with Gasteiger partial charge in [0.15, 0.2) is 0 Å². The van der Waals surface area contributed by atoms with Gasteiger partial charge in [-0.05, 0) is 82.1 Å². The maximum atomic E-state index is 3.97. The first-order valence-corrected chi connectivity index (χ1v) is 13.5. The van der Waals surface area contributed by atoms with Crippen LogP contribution in [-0.2, 0) is 10.8 Å². The Morgan fingerprint density at radius 1 is 0.471 bits per heavy atom. The van der Waals surface area contributed by atoms with Crippen LogP contribution in [0.4, 0.5) is 0 Å². The summed E-state index contributed by atoms with van der Waals surface area (Å²) in [7, 11) is 0. The van der Waals surface area contributed by atoms with Crippen LogP contribution in [0.3, 0.4) is 0 Å². The largest absolute Gasteiger partial charge is 0.103 e. The highest BCUT2D eigenvalue weighted by Gasteiger charge is 2.36. The van der Waals surface area contributed by atoms with Gasteiger partial charge in [0.2, 0.25) is 0 Å². The minimum Gasteiger partial charge on any atom is -0.103 e. The van der Waals surface area contributed by atoms with Crippen LogP contribution < -0.4 is 0 Å². The second kappa shape index (κ2) is 10.8. The molecule has 0 fully saturated rings. The predicted molar refractivity (Wildman–Crippen MR) is 156 cm³/mol. The Kier molecular flexibility index (Phi) is 9.72. The standard InChI is InChI=1S/C34H58/c1-15-21-29(3,4)23-31(7,8)25-33(11,12)27-17-19-28(20-18-27)34(13,14)26-32(9,10)24-30(5,6)22-16-2/h15-20H,1-2,21-26H2,3-14H3. The van der Waals surface area contributed by atoms with E-state index in [-0.39, 0.29) is 21.7 Å². The Hall–Kier alpha value is -1.30. The Balaban J connectivity index is 3.01. The first kappa shape index (κ1) is 30.7. The van der Waals surface area contributed by atoms with Crippen molar-refractivity contribution in [2.45, 2.75) is 132 Å². The molecule has 0 aliphatic carbocycles. The minimum atomic E-state index is 0.143. The van der Waals surface area contributed by atoms with Gasteiger partial charge < -0.3 is 0 Å². The summed E-state index contributed by atoms with van der Waals surface area (Å²) in [4.78, 5) is 0. The molecule has 34 heavy (non-hydrogen) atoms. The molecule has 0 saturated carbocycles. The summed E-state index contributed by atoms with van der Waals surface area (Å²) >= 11 is 0. The van der Waals surface area contributed by atoms with Gasteiger partial charge in [0, 0.05) is 0 Å². The average Bonchev–Trinajstić information content (AvgIpc) is 2.57. The summed E-state index contributed by atoms with van der Waals surface area (Å²) in [5.74, 6) is 0. The van der Waals surface area contributed by atoms with Crippen molar-refractivity contribution in [2.75, 3.05) is 0 Å². The molecule has 0 nitrogen and oxygen atoms in total. The molecule has 0 amide bonds. The van der Waals surface area contributed by atoms with Crippen molar-refractivity contribution in [1.29, 1.82) is 0 Å². The van der Waals surface area contributed by atoms with Crippen LogP contribution in [0.15, 0.2) is 49.6 Å². The molecule has 0 aromatic heterocycles. The number of benzene rings is 1. The third-order valence-electron chi connectivity index (χ3n) is 7.60. The molecule has 0 atom stereocenters. The lowest BCUT2D eigenvalue weighted by Gasteiger charge is -2.41. The Labute approximate surface area is 214 Å². The van der Waals surface area contributed by atoms with Crippen molar-refractivity contribution < 1.29 is 0 Å². The van der Waals surface area contributed by atoms with Gasteiger partial charge in [-0.15, -0.1) is 13.2 Å². The SMILES string of the molecule is C=CCC(C)(C)CC(C)(C)CC(C)(C)c1ccc(C(C)(C)CC(C)(C)CC(C)(C)CC=C)cc1. The zero-order chi connectivity index (χ0) is 26.6. The molecule has 0 radical (unpaired) electrons. The molecule has 0 aliphatic heterocycles. The van der Waals surface area contributed by atoms with Crippen LogP contribution in [-0.4, -0.2) is 0 Å². The lowest BCUT2D eigenvalue weighted by Crippen LogP contribution is -2.32. The summed E-state index contributed by atoms with van der Waals surface area (Å²) in [5, 5.41) is 0. The Morgan fingerprint density at radius 3 is 0.971 bits per heavy atom. The Bertz CT molecular complexity index is 724. The normalized spacial score (nSPS) is 14.2. The fraction of sp³-hybridized carbons (Fsp3) is 0.706. The molecule has 0 heteroatoms. The van der Waals surface area contributed by atoms with E-state index in [1.54, 1.807) is 0 Å². The van der Waals surface area contributed by atoms with Gasteiger partial charge in [-0.2, -0.15) is 0 Å². The van der Waals surface area contributed by atoms with E-state index in [9.17, 15) is 0 Å². The summed E-state index contributed by atoms with van der Waals surface area (Å²) in [5.41, 5.74) is 4.33. The molecule has 0 unspecified atom stereocenters. The van der Waals surface area contributed by atoms with Crippen molar-refractivity contribution in [1.82, 2.24) is 0 Å². The van der Waals surface area contributed by atoms with Gasteiger partial charge >= 0.3 is 0 Å². The number of allylic oxidation sites excluding steroid dienone is 2. The highest BCUT2D eigenvalue weighted by Crippen LogP contribution is 2.46. The van der Waals surface area contributed by atoms with E-state index in [1.807, 2.05) is 0 Å². The van der Waals surface area contributed by atoms with Gasteiger partial charge in [0.05, 0.1) is 0 Å². The van der Waals surface area contributed by atoms with Gasteiger partial charge in [-0.3, -0.25) is 0 Å². The third kappa shape index (κ3) is 9.75. The maximum absolute atomic E-state index is 3.97. The molecule has 0 aliphatic rings. The van der Waals surface area contributed by atoms with Crippen LogP contribution in [0.2, 0.25) is 0 Å². The van der Waals surface area contributed by atoms with Crippen LogP contribution in [0.5, 0.6) is 0 Å². The average molecular weight is 467 g/mol. The molecule has 1 aromatic rings. The lowest BCUT2D eigenvalue weighted by molar-refractivity contribution is 0.153. The fourth-order valence-corrected chi connectivity index (χ4v) is 7.61. The van der Waals surface area contributed by atoms with Crippen molar-refractivity contribution >= 4 is 0 Å². The summed E-state index contributed by atoms with van der Waals surface area (Å²) in [6.07, 6.45) is 11.1. The van der Waals surface area contributed by atoms with Crippen LogP contribution in [0.25, 0.3) is 0 Å². The van der Waals surface area contributed by atoms with Crippen LogP contribution in [0.1, 0.15) is 133 Å². The first-order valence-electron chi connectivity index (χ1n) is 13.5. The molecule has 0 heterocycles. The topological polar surface area (TPSA) is 0 Å². The van der Waals surface area contributed by atoms with Gasteiger partial charge in [-0.25, -0.2) is 0 Å². The Morgan fingerprint density at radius 2 is 0.735 bits per heavy atom. The first-order chi connectivity index (χ1) is 15.2. The van der Waals surface area contributed by atoms with Crippen molar-refractivity contribution in [2.24, 2.45) is 21.7 Å². The second-order valence-corrected chi connectivity index (χ2v) is 15.7. The van der Waals surface area contributed by atoms with Crippen molar-refractivity contribution in [3.63, 3.8) is 0 Å². The summed E-state index contributed by atoms with van der Waals surface area (Å²) in [6.45, 7) is 36.9. The smallest absolute Gasteiger partial charge is 0.00985 e. The monoisotopic (exact) mass is 466 g/mol. The molecule has 194 valence electrons. The second-order valence-electron chi connectivity index (χ2n) is 15.7. The van der Waals surface area contributed by atoms with E-state index >= 15 is 0 Å². The van der Waals surface area contributed by atoms with E-state index in [2.05, 4.69) is 133 Å². The van der Waals surface area contributed by atoms with E-state index in [0.29, 0.717) is 10.8 Å². The fourth-order valence-electron chi connectivity index (χ4n) is 7.61. The quantitative estimate of drug-likeness (QED) is 0.239. The molecule has 0 bridgehead atoms. The van der Waals surface area contributed by atoms with Crippen molar-refractivity contribution in [3.8, 4) is 0 Å². The molecule has 0 N–H and O–H groups in total. The summed E-state index contributed by atoms with van der Waals surface area (Å²) in [6, 6.07) is 9.60. The third-order valence-corrected chi connectivity index (χ3v) is 7.60. The van der Waals surface area contributed by atoms with Gasteiger partial charge in [-0.1, -0.05) is 120 Å². The summed E-state index contributed by atoms with van der Waals surface area (Å²) < 4.78 is 0. The molecule has 0 spiro atoms. The zero-order valence-corrected chi connectivity index (χ0v) is 25.1. The lowest BCUT2D eigenvalue weighted by atomic mass is 9.64. The highest BCUT2D eigenvalue weighted by atomic mass is 14.4. The van der Waals surface area contributed by atoms with Crippen molar-refractivity contribution in [3.05, 3.63) is 60.7 Å². The van der Waals surface area contributed by atoms with Gasteiger partial charge in [0.25, 0.3) is 0 Å². The van der Waals surface area contributed by atoms with E-state index in [4.69, 9.17) is 0 Å². The predicted octanol–water partition coefficient (Wildman–Crippen LogP) is 11.1.